The highest BCUT2D eigenvalue weighted by atomic mass is 16.5. The molecule has 2 aromatic heterocycles. The van der Waals surface area contributed by atoms with Crippen LogP contribution in [0.1, 0.15) is 17.0 Å². The minimum atomic E-state index is -0.216. The maximum absolute atomic E-state index is 7.44. The average Bonchev–Trinajstić information content (AvgIpc) is 1.60. The van der Waals surface area contributed by atoms with Crippen LogP contribution in [-0.4, -0.2) is 10.7 Å². The number of fused-ring (bicyclic) bond motifs is 11. The largest absolute Gasteiger partial charge is 0.484 e. The van der Waals surface area contributed by atoms with E-state index >= 15 is 0 Å². The number of hydrogen-bond donors (Lipinski definition) is 0. The molecule has 0 radical (unpaired) electrons. The smallest absolute Gasteiger partial charge is 0.143 e. The summed E-state index contributed by atoms with van der Waals surface area (Å²) < 4.78 is 17.2. The molecule has 20 aromatic rings. The van der Waals surface area contributed by atoms with Gasteiger partial charge in [-0.05, 0) is 223 Å². The lowest BCUT2D eigenvalue weighted by molar-refractivity contribution is 0.270. The lowest BCUT2D eigenvalue weighted by Gasteiger charge is -2.20. The first-order chi connectivity index (χ1) is 56.0. The van der Waals surface area contributed by atoms with Crippen molar-refractivity contribution in [1.29, 1.82) is 0 Å². The van der Waals surface area contributed by atoms with E-state index in [1.54, 1.807) is 0 Å². The molecule has 3 heteroatoms. The summed E-state index contributed by atoms with van der Waals surface area (Å²) in [4.78, 5) is 0. The van der Waals surface area contributed by atoms with Crippen molar-refractivity contribution in [3.8, 4) is 134 Å². The Hall–Kier alpha value is -14.6. The summed E-state index contributed by atoms with van der Waals surface area (Å²) in [6, 6.07) is 147. The van der Waals surface area contributed by atoms with Crippen LogP contribution in [0.15, 0.2) is 423 Å². The fourth-order valence-corrected chi connectivity index (χ4v) is 18.4. The lowest BCUT2D eigenvalue weighted by Crippen LogP contribution is -2.17. The number of furan rings is 1. The zero-order valence-electron chi connectivity index (χ0n) is 61.8. The van der Waals surface area contributed by atoms with Gasteiger partial charge in [-0.1, -0.05) is 340 Å². The van der Waals surface area contributed by atoms with Crippen LogP contribution in [0.4, 0.5) is 0 Å². The highest BCUT2D eigenvalue weighted by Gasteiger charge is 2.37. The van der Waals surface area contributed by atoms with E-state index in [1.165, 1.54) is 88.3 Å². The van der Waals surface area contributed by atoms with Crippen LogP contribution in [0.25, 0.3) is 199 Å². The number of hydrogen-bond acceptors (Lipinski definition) is 2. The van der Waals surface area contributed by atoms with Gasteiger partial charge in [0.25, 0.3) is 0 Å². The summed E-state index contributed by atoms with van der Waals surface area (Å²) in [5.41, 5.74) is 33.7. The van der Waals surface area contributed by atoms with Gasteiger partial charge in [-0.15, -0.1) is 0 Å². The molecule has 3 heterocycles. The first kappa shape index (κ1) is 65.4. The maximum Gasteiger partial charge on any atom is 0.143 e. The summed E-state index contributed by atoms with van der Waals surface area (Å²) in [5.74, 6) is 0.842. The molecule has 0 saturated carbocycles. The fraction of sp³-hybridized carbons (Fsp3) is 0.0182. The Morgan fingerprint density at radius 1 is 0.239 bits per heavy atom. The second-order valence-corrected chi connectivity index (χ2v) is 29.9. The zero-order valence-corrected chi connectivity index (χ0v) is 61.8. The van der Waals surface area contributed by atoms with E-state index < -0.39 is 0 Å². The molecule has 1 aliphatic carbocycles. The second-order valence-electron chi connectivity index (χ2n) is 29.9. The molecule has 0 amide bonds. The molecule has 0 N–H and O–H groups in total. The molecule has 2 unspecified atom stereocenters. The summed E-state index contributed by atoms with van der Waals surface area (Å²) in [6.45, 7) is 0. The third-order valence-corrected chi connectivity index (χ3v) is 23.6. The molecule has 18 aromatic carbocycles. The number of aromatic nitrogens is 1. The molecule has 2 aliphatic rings. The van der Waals surface area contributed by atoms with Crippen molar-refractivity contribution >= 4 is 70.9 Å². The highest BCUT2D eigenvalue weighted by Crippen LogP contribution is 2.54. The topological polar surface area (TPSA) is 27.3 Å². The Morgan fingerprint density at radius 3 is 1.09 bits per heavy atom. The van der Waals surface area contributed by atoms with Gasteiger partial charge in [-0.25, -0.2) is 0 Å². The monoisotopic (exact) mass is 1440 g/mol. The summed E-state index contributed by atoms with van der Waals surface area (Å²) >= 11 is 0. The van der Waals surface area contributed by atoms with Crippen LogP contribution in [0, 0.1) is 0 Å². The predicted molar refractivity (Wildman–Crippen MR) is 474 cm³/mol. The number of rotatable bonds is 13. The Morgan fingerprint density at radius 2 is 0.593 bits per heavy atom. The molecule has 1 aliphatic heterocycles. The van der Waals surface area contributed by atoms with Crippen LogP contribution in [0.5, 0.6) is 5.75 Å². The third kappa shape index (κ3) is 11.2. The van der Waals surface area contributed by atoms with Crippen molar-refractivity contribution < 1.29 is 9.15 Å². The van der Waals surface area contributed by atoms with Gasteiger partial charge in [0.15, 0.2) is 0 Å². The Labute approximate surface area is 655 Å². The zero-order chi connectivity index (χ0) is 74.5. The molecular formula is C110H71NO2. The van der Waals surface area contributed by atoms with E-state index in [4.69, 9.17) is 9.15 Å². The second kappa shape index (κ2) is 27.2. The van der Waals surface area contributed by atoms with Crippen LogP contribution >= 0.6 is 0 Å². The van der Waals surface area contributed by atoms with Crippen LogP contribution < -0.4 is 4.74 Å². The SMILES string of the molecule is C1=CC2Oc3c(-c4ccc5c(c4)c4cc(-c6cc(-c7ccccc7-c7ccccc7)cc7c6oc6ccc(-c8ccccc8-c8ccccc8)cc67)ccc4n5-c4ccc(-c5c6ccccc6c(-c6ccccc6)c6ccccc56)cc4)cc(-c4ccccc4-c4ccccc4)cc3C2C=C1c1ccccc1-c1ccccc1. The minimum absolute atomic E-state index is 0.0624. The Balaban J connectivity index is 0.770. The van der Waals surface area contributed by atoms with E-state index in [1.807, 2.05) is 0 Å². The third-order valence-electron chi connectivity index (χ3n) is 23.6. The standard InChI is InChI=1S/C110H71NO2/c1-6-28-70(29-7-1)83-38-16-20-42-87(83)76-54-60-105-99(64-76)101-68-80(89-44-22-18-40-85(89)72-32-10-3-11-33-72)66-95(109(101)112-105)78-52-58-103-97(62-78)98-63-79(53-59-104(98)111(103)82-56-50-75(51-57-82)108-93-48-26-24-46-91(93)107(74-36-14-5-15-37-74)92-47-25-27-49-94(92)108)96-67-81(90-45-23-19-41-86(90)73-34-12-4-13-35-73)69-102-100-65-77(55-61-106(100)113-110(96)102)88-43-21-17-39-84(88)71-30-8-2-9-31-71/h1-69,99,105H. The van der Waals surface area contributed by atoms with Crippen LogP contribution in [0.3, 0.4) is 0 Å². The maximum atomic E-state index is 7.44. The molecule has 0 saturated heterocycles. The van der Waals surface area contributed by atoms with Crippen LogP contribution in [-0.2, 0) is 0 Å². The van der Waals surface area contributed by atoms with Gasteiger partial charge >= 0.3 is 0 Å². The predicted octanol–water partition coefficient (Wildman–Crippen LogP) is 29.8. The molecule has 113 heavy (non-hydrogen) atoms. The van der Waals surface area contributed by atoms with Crippen molar-refractivity contribution in [2.75, 3.05) is 0 Å². The van der Waals surface area contributed by atoms with Gasteiger partial charge in [0.05, 0.1) is 11.0 Å². The summed E-state index contributed by atoms with van der Waals surface area (Å²) in [6.07, 6.45) is 6.81. The first-order valence-corrected chi connectivity index (χ1v) is 39.1. The average molecular weight is 1440 g/mol. The van der Waals surface area contributed by atoms with Crippen LogP contribution in [0.2, 0.25) is 0 Å². The molecular weight excluding hydrogens is 1370 g/mol. The van der Waals surface area contributed by atoms with Gasteiger partial charge in [-0.3, -0.25) is 0 Å². The van der Waals surface area contributed by atoms with Gasteiger partial charge in [-0.2, -0.15) is 0 Å². The number of nitrogens with zero attached hydrogens (tertiary/aromatic N) is 1. The lowest BCUT2D eigenvalue weighted by atomic mass is 9.82. The molecule has 528 valence electrons. The number of benzene rings is 18. The quantitative estimate of drug-likeness (QED) is 0.108. The highest BCUT2D eigenvalue weighted by molar-refractivity contribution is 6.22. The van der Waals surface area contributed by atoms with E-state index in [-0.39, 0.29) is 12.0 Å². The first-order valence-electron chi connectivity index (χ1n) is 39.1. The van der Waals surface area contributed by atoms with E-state index in [0.29, 0.717) is 0 Å². The molecule has 3 nitrogen and oxygen atoms in total. The van der Waals surface area contributed by atoms with Gasteiger partial charge < -0.3 is 13.7 Å². The summed E-state index contributed by atoms with van der Waals surface area (Å²) in [5, 5.41) is 9.24. The number of allylic oxidation sites excluding steroid dienone is 2. The summed E-state index contributed by atoms with van der Waals surface area (Å²) in [7, 11) is 0. The van der Waals surface area contributed by atoms with Crippen molar-refractivity contribution in [3.05, 3.63) is 430 Å². The van der Waals surface area contributed by atoms with E-state index in [2.05, 4.69) is 423 Å². The van der Waals surface area contributed by atoms with Crippen molar-refractivity contribution in [2.24, 2.45) is 0 Å². The Bertz CT molecular complexity index is 7170. The van der Waals surface area contributed by atoms with Gasteiger partial charge in [0.1, 0.15) is 23.0 Å². The van der Waals surface area contributed by atoms with Crippen molar-refractivity contribution in [2.45, 2.75) is 12.0 Å². The van der Waals surface area contributed by atoms with Crippen molar-refractivity contribution in [1.82, 2.24) is 4.57 Å². The molecule has 0 spiro atoms. The fourth-order valence-electron chi connectivity index (χ4n) is 18.4. The Kier molecular flexibility index (Phi) is 15.7. The van der Waals surface area contributed by atoms with E-state index in [0.717, 1.165) is 128 Å². The molecule has 2 atom stereocenters. The normalized spacial score (nSPS) is 13.8. The molecule has 22 rings (SSSR count). The van der Waals surface area contributed by atoms with E-state index in [9.17, 15) is 0 Å². The van der Waals surface area contributed by atoms with Gasteiger partial charge in [0.2, 0.25) is 0 Å². The molecule has 0 fully saturated rings. The van der Waals surface area contributed by atoms with Crippen molar-refractivity contribution in [3.63, 3.8) is 0 Å². The van der Waals surface area contributed by atoms with Gasteiger partial charge in [0, 0.05) is 49.8 Å². The molecule has 0 bridgehead atoms. The minimum Gasteiger partial charge on any atom is -0.484 e. The number of ether oxygens (including phenoxy) is 1.